The predicted octanol–water partition coefficient (Wildman–Crippen LogP) is 3.74. The molecule has 0 saturated carbocycles. The first-order valence-corrected chi connectivity index (χ1v) is 9.70. The Labute approximate surface area is 153 Å². The number of rotatable bonds is 7. The summed E-state index contributed by atoms with van der Waals surface area (Å²) in [4.78, 5) is 13.4. The van der Waals surface area contributed by atoms with Gasteiger partial charge in [0, 0.05) is 19.5 Å². The standard InChI is InChI=1S/C19H22FNO4S/c1-4-14(2)21(15(3)22)13-16-5-9-18(10-6-16)25-26(23,24)19-11-7-17(20)8-12-19/h5-12,14H,4,13H2,1-3H3. The maximum absolute atomic E-state index is 12.9. The lowest BCUT2D eigenvalue weighted by molar-refractivity contribution is -0.131. The van der Waals surface area contributed by atoms with Crippen LogP contribution in [0, 0.1) is 5.82 Å². The van der Waals surface area contributed by atoms with Crippen LogP contribution in [0.25, 0.3) is 0 Å². The molecule has 0 bridgehead atoms. The zero-order chi connectivity index (χ0) is 19.3. The van der Waals surface area contributed by atoms with Gasteiger partial charge in [-0.1, -0.05) is 19.1 Å². The predicted molar refractivity (Wildman–Crippen MR) is 96.6 cm³/mol. The molecule has 0 aliphatic heterocycles. The van der Waals surface area contributed by atoms with Crippen LogP contribution in [0.3, 0.4) is 0 Å². The van der Waals surface area contributed by atoms with Gasteiger partial charge in [-0.3, -0.25) is 4.79 Å². The maximum Gasteiger partial charge on any atom is 0.339 e. The molecular formula is C19H22FNO4S. The summed E-state index contributed by atoms with van der Waals surface area (Å²) in [5, 5.41) is 0. The Morgan fingerprint density at radius 3 is 2.19 bits per heavy atom. The van der Waals surface area contributed by atoms with Gasteiger partial charge in [0.15, 0.2) is 0 Å². The molecule has 1 amide bonds. The number of carbonyl (C=O) groups is 1. The highest BCUT2D eigenvalue weighted by Crippen LogP contribution is 2.20. The second kappa shape index (κ2) is 8.31. The summed E-state index contributed by atoms with van der Waals surface area (Å²) in [5.74, 6) is -0.390. The second-order valence-electron chi connectivity index (χ2n) is 6.04. The molecular weight excluding hydrogens is 357 g/mol. The fourth-order valence-electron chi connectivity index (χ4n) is 2.42. The fourth-order valence-corrected chi connectivity index (χ4v) is 3.35. The van der Waals surface area contributed by atoms with E-state index in [9.17, 15) is 17.6 Å². The van der Waals surface area contributed by atoms with E-state index in [-0.39, 0.29) is 22.6 Å². The highest BCUT2D eigenvalue weighted by Gasteiger charge is 2.18. The fraction of sp³-hybridized carbons (Fsp3) is 0.316. The SMILES string of the molecule is CCC(C)N(Cc1ccc(OS(=O)(=O)c2ccc(F)cc2)cc1)C(C)=O. The van der Waals surface area contributed by atoms with Crippen LogP contribution in [0.1, 0.15) is 32.8 Å². The van der Waals surface area contributed by atoms with Crippen molar-refractivity contribution in [1.29, 1.82) is 0 Å². The van der Waals surface area contributed by atoms with Crippen molar-refractivity contribution in [1.82, 2.24) is 4.90 Å². The van der Waals surface area contributed by atoms with Crippen molar-refractivity contribution in [2.45, 2.75) is 44.7 Å². The molecule has 0 fully saturated rings. The molecule has 1 atom stereocenters. The lowest BCUT2D eigenvalue weighted by Gasteiger charge is -2.27. The summed E-state index contributed by atoms with van der Waals surface area (Å²) >= 11 is 0. The van der Waals surface area contributed by atoms with E-state index >= 15 is 0 Å². The lowest BCUT2D eigenvalue weighted by Crippen LogP contribution is -2.36. The van der Waals surface area contributed by atoms with E-state index in [0.29, 0.717) is 6.54 Å². The average Bonchev–Trinajstić information content (AvgIpc) is 2.60. The maximum atomic E-state index is 12.9. The number of carbonyl (C=O) groups excluding carboxylic acids is 1. The number of hydrogen-bond acceptors (Lipinski definition) is 4. The van der Waals surface area contributed by atoms with Crippen LogP contribution < -0.4 is 4.18 Å². The van der Waals surface area contributed by atoms with E-state index in [0.717, 1.165) is 36.2 Å². The van der Waals surface area contributed by atoms with E-state index < -0.39 is 15.9 Å². The largest absolute Gasteiger partial charge is 0.379 e. The van der Waals surface area contributed by atoms with Gasteiger partial charge in [-0.05, 0) is 55.3 Å². The summed E-state index contributed by atoms with van der Waals surface area (Å²) in [6, 6.07) is 11.0. The lowest BCUT2D eigenvalue weighted by atomic mass is 10.1. The molecule has 0 aliphatic carbocycles. The zero-order valence-electron chi connectivity index (χ0n) is 15.0. The molecule has 0 heterocycles. The minimum Gasteiger partial charge on any atom is -0.379 e. The van der Waals surface area contributed by atoms with E-state index in [1.54, 1.807) is 17.0 Å². The Hall–Kier alpha value is -2.41. The summed E-state index contributed by atoms with van der Waals surface area (Å²) in [6.45, 7) is 5.96. The number of nitrogens with zero attached hydrogens (tertiary/aromatic N) is 1. The number of amides is 1. The van der Waals surface area contributed by atoms with Crippen LogP contribution in [0.2, 0.25) is 0 Å². The minimum atomic E-state index is -4.03. The zero-order valence-corrected chi connectivity index (χ0v) is 15.8. The molecule has 140 valence electrons. The molecule has 1 unspecified atom stereocenters. The Bertz CT molecular complexity index is 848. The van der Waals surface area contributed by atoms with Crippen LogP contribution in [-0.2, 0) is 21.5 Å². The molecule has 2 aromatic rings. The van der Waals surface area contributed by atoms with Crippen molar-refractivity contribution in [3.63, 3.8) is 0 Å². The molecule has 7 heteroatoms. The Balaban J connectivity index is 2.11. The quantitative estimate of drug-likeness (QED) is 0.688. The molecule has 0 radical (unpaired) electrons. The Morgan fingerprint density at radius 1 is 1.12 bits per heavy atom. The molecule has 0 aliphatic rings. The first kappa shape index (κ1) is 19.9. The molecule has 26 heavy (non-hydrogen) atoms. The van der Waals surface area contributed by atoms with E-state index in [2.05, 4.69) is 0 Å². The van der Waals surface area contributed by atoms with Crippen LogP contribution in [-0.4, -0.2) is 25.3 Å². The summed E-state index contributed by atoms with van der Waals surface area (Å²) in [7, 11) is -4.03. The van der Waals surface area contributed by atoms with E-state index in [1.807, 2.05) is 13.8 Å². The third-order valence-electron chi connectivity index (χ3n) is 4.11. The normalized spacial score (nSPS) is 12.5. The number of halogens is 1. The van der Waals surface area contributed by atoms with E-state index in [1.165, 1.54) is 19.1 Å². The first-order chi connectivity index (χ1) is 12.2. The molecule has 0 spiro atoms. The molecule has 2 rings (SSSR count). The van der Waals surface area contributed by atoms with Gasteiger partial charge in [-0.15, -0.1) is 0 Å². The summed E-state index contributed by atoms with van der Waals surface area (Å²) in [6.07, 6.45) is 0.844. The highest BCUT2D eigenvalue weighted by atomic mass is 32.2. The smallest absolute Gasteiger partial charge is 0.339 e. The van der Waals surface area contributed by atoms with Crippen LogP contribution >= 0.6 is 0 Å². The number of benzene rings is 2. The van der Waals surface area contributed by atoms with Crippen molar-refractivity contribution in [2.75, 3.05) is 0 Å². The minimum absolute atomic E-state index is 0.0152. The van der Waals surface area contributed by atoms with Crippen molar-refractivity contribution >= 4 is 16.0 Å². The Morgan fingerprint density at radius 2 is 1.69 bits per heavy atom. The first-order valence-electron chi connectivity index (χ1n) is 8.29. The Kier molecular flexibility index (Phi) is 6.37. The number of hydrogen-bond donors (Lipinski definition) is 0. The highest BCUT2D eigenvalue weighted by molar-refractivity contribution is 7.87. The monoisotopic (exact) mass is 379 g/mol. The van der Waals surface area contributed by atoms with Gasteiger partial charge >= 0.3 is 10.1 Å². The third kappa shape index (κ3) is 5.05. The van der Waals surface area contributed by atoms with Crippen molar-refractivity contribution < 1.29 is 21.8 Å². The van der Waals surface area contributed by atoms with Crippen LogP contribution in [0.4, 0.5) is 4.39 Å². The van der Waals surface area contributed by atoms with Crippen molar-refractivity contribution in [2.24, 2.45) is 0 Å². The third-order valence-corrected chi connectivity index (χ3v) is 5.37. The molecule has 5 nitrogen and oxygen atoms in total. The van der Waals surface area contributed by atoms with Crippen molar-refractivity contribution in [3.05, 3.63) is 59.9 Å². The van der Waals surface area contributed by atoms with Crippen LogP contribution in [0.15, 0.2) is 53.4 Å². The molecule has 2 aromatic carbocycles. The van der Waals surface area contributed by atoms with Crippen LogP contribution in [0.5, 0.6) is 5.75 Å². The van der Waals surface area contributed by atoms with Gasteiger partial charge in [0.25, 0.3) is 0 Å². The van der Waals surface area contributed by atoms with E-state index in [4.69, 9.17) is 4.18 Å². The van der Waals surface area contributed by atoms with Gasteiger partial charge in [0.1, 0.15) is 16.5 Å². The van der Waals surface area contributed by atoms with Gasteiger partial charge < -0.3 is 9.08 Å². The molecule has 0 N–H and O–H groups in total. The molecule has 0 aromatic heterocycles. The van der Waals surface area contributed by atoms with Gasteiger partial charge in [-0.25, -0.2) is 4.39 Å². The van der Waals surface area contributed by atoms with Gasteiger partial charge in [0.05, 0.1) is 0 Å². The summed E-state index contributed by atoms with van der Waals surface area (Å²) < 4.78 is 42.4. The summed E-state index contributed by atoms with van der Waals surface area (Å²) in [5.41, 5.74) is 0.868. The molecule has 0 saturated heterocycles. The average molecular weight is 379 g/mol. The van der Waals surface area contributed by atoms with Gasteiger partial charge in [-0.2, -0.15) is 8.42 Å². The topological polar surface area (TPSA) is 63.7 Å². The van der Waals surface area contributed by atoms with Crippen molar-refractivity contribution in [3.8, 4) is 5.75 Å². The second-order valence-corrected chi connectivity index (χ2v) is 7.59. The van der Waals surface area contributed by atoms with Gasteiger partial charge in [0.2, 0.25) is 5.91 Å².